The van der Waals surface area contributed by atoms with E-state index in [4.69, 9.17) is 5.26 Å². The number of rotatable bonds is 4. The molecule has 134 valence electrons. The summed E-state index contributed by atoms with van der Waals surface area (Å²) in [5.74, 6) is 1.02. The minimum atomic E-state index is -0.187. The number of nitrogens with zero attached hydrogens (tertiary/aromatic N) is 5. The zero-order chi connectivity index (χ0) is 19.0. The van der Waals surface area contributed by atoms with Gasteiger partial charge in [-0.25, -0.2) is 15.0 Å². The van der Waals surface area contributed by atoms with Gasteiger partial charge in [0.15, 0.2) is 0 Å². The molecule has 0 unspecified atom stereocenters. The van der Waals surface area contributed by atoms with E-state index >= 15 is 0 Å². The Morgan fingerprint density at radius 1 is 1.26 bits per heavy atom. The molecule has 1 aromatic carbocycles. The van der Waals surface area contributed by atoms with Crippen LogP contribution in [0.4, 0.5) is 0 Å². The molecular formula is C19H15N5OS2. The van der Waals surface area contributed by atoms with Crippen molar-refractivity contribution < 1.29 is 0 Å². The second-order valence-electron chi connectivity index (χ2n) is 6.03. The van der Waals surface area contributed by atoms with E-state index in [0.717, 1.165) is 15.2 Å². The molecule has 4 rings (SSSR count). The van der Waals surface area contributed by atoms with Gasteiger partial charge in [-0.3, -0.25) is 9.36 Å². The van der Waals surface area contributed by atoms with Crippen LogP contribution in [-0.2, 0) is 12.3 Å². The van der Waals surface area contributed by atoms with Crippen molar-refractivity contribution in [2.24, 2.45) is 0 Å². The Morgan fingerprint density at radius 2 is 2.07 bits per heavy atom. The Labute approximate surface area is 163 Å². The first-order valence-electron chi connectivity index (χ1n) is 8.29. The van der Waals surface area contributed by atoms with Crippen LogP contribution < -0.4 is 5.56 Å². The van der Waals surface area contributed by atoms with Crippen molar-refractivity contribution in [2.75, 3.05) is 0 Å². The van der Waals surface area contributed by atoms with Crippen molar-refractivity contribution in [1.29, 1.82) is 5.26 Å². The number of aryl methyl sites for hydroxylation is 2. The van der Waals surface area contributed by atoms with Gasteiger partial charge in [0.2, 0.25) is 0 Å². The standard InChI is InChI=1S/C19H15N5OS2/c1-11-12(2)27-18-16(11)17(21-10-22-18)26-9-15-23-14-6-4-3-5-13(14)19(25)24(15)8-7-20/h3-6,10H,8-9H2,1-2H3. The molecule has 0 atom stereocenters. The Kier molecular flexibility index (Phi) is 4.64. The highest BCUT2D eigenvalue weighted by Crippen LogP contribution is 2.35. The summed E-state index contributed by atoms with van der Waals surface area (Å²) >= 11 is 3.16. The summed E-state index contributed by atoms with van der Waals surface area (Å²) in [5, 5.41) is 11.6. The van der Waals surface area contributed by atoms with Crippen molar-refractivity contribution in [2.45, 2.75) is 31.2 Å². The topological polar surface area (TPSA) is 84.5 Å². The van der Waals surface area contributed by atoms with Crippen LogP contribution in [0.3, 0.4) is 0 Å². The minimum absolute atomic E-state index is 0.0255. The lowest BCUT2D eigenvalue weighted by atomic mass is 10.2. The zero-order valence-corrected chi connectivity index (χ0v) is 16.4. The van der Waals surface area contributed by atoms with E-state index in [2.05, 4.69) is 34.9 Å². The van der Waals surface area contributed by atoms with Crippen molar-refractivity contribution in [1.82, 2.24) is 19.5 Å². The Hall–Kier alpha value is -2.76. The Balaban J connectivity index is 1.77. The number of thiophene rings is 1. The third-order valence-corrected chi connectivity index (χ3v) is 6.54. The zero-order valence-electron chi connectivity index (χ0n) is 14.8. The summed E-state index contributed by atoms with van der Waals surface area (Å²) in [6.07, 6.45) is 1.57. The first kappa shape index (κ1) is 17.6. The van der Waals surface area contributed by atoms with Crippen LogP contribution in [0, 0.1) is 25.2 Å². The third-order valence-electron chi connectivity index (χ3n) is 4.44. The molecule has 0 saturated heterocycles. The predicted molar refractivity (Wildman–Crippen MR) is 108 cm³/mol. The van der Waals surface area contributed by atoms with Crippen LogP contribution in [-0.4, -0.2) is 19.5 Å². The van der Waals surface area contributed by atoms with Crippen LogP contribution in [0.15, 0.2) is 40.4 Å². The molecule has 0 spiro atoms. The molecule has 3 aromatic heterocycles. The van der Waals surface area contributed by atoms with Gasteiger partial charge in [-0.15, -0.1) is 11.3 Å². The summed E-state index contributed by atoms with van der Waals surface area (Å²) in [6, 6.07) is 9.27. The largest absolute Gasteiger partial charge is 0.281 e. The molecule has 0 saturated carbocycles. The number of hydrogen-bond acceptors (Lipinski definition) is 7. The number of thioether (sulfide) groups is 1. The highest BCUT2D eigenvalue weighted by Gasteiger charge is 2.15. The smallest absolute Gasteiger partial charge is 0.262 e. The molecule has 0 aliphatic carbocycles. The van der Waals surface area contributed by atoms with Crippen LogP contribution >= 0.6 is 23.1 Å². The SMILES string of the molecule is Cc1sc2ncnc(SCc3nc4ccccc4c(=O)n3CC#N)c2c1C. The number of para-hydroxylation sites is 1. The summed E-state index contributed by atoms with van der Waals surface area (Å²) in [4.78, 5) is 28.4. The maximum atomic E-state index is 12.8. The molecule has 0 aliphatic rings. The summed E-state index contributed by atoms with van der Waals surface area (Å²) in [6.45, 7) is 4.12. The highest BCUT2D eigenvalue weighted by atomic mass is 32.2. The van der Waals surface area contributed by atoms with Crippen molar-refractivity contribution in [3.8, 4) is 6.07 Å². The van der Waals surface area contributed by atoms with Gasteiger partial charge in [-0.2, -0.15) is 5.26 Å². The predicted octanol–water partition coefficient (Wildman–Crippen LogP) is 3.83. The van der Waals surface area contributed by atoms with Gasteiger partial charge < -0.3 is 0 Å². The second-order valence-corrected chi connectivity index (χ2v) is 8.19. The van der Waals surface area contributed by atoms with Crippen LogP contribution in [0.2, 0.25) is 0 Å². The van der Waals surface area contributed by atoms with E-state index in [-0.39, 0.29) is 12.1 Å². The maximum Gasteiger partial charge on any atom is 0.262 e. The number of hydrogen-bond donors (Lipinski definition) is 0. The molecule has 3 heterocycles. The molecule has 0 N–H and O–H groups in total. The van der Waals surface area contributed by atoms with Crippen LogP contribution in [0.1, 0.15) is 16.3 Å². The van der Waals surface area contributed by atoms with Crippen LogP contribution in [0.25, 0.3) is 21.1 Å². The maximum absolute atomic E-state index is 12.8. The first-order chi connectivity index (χ1) is 13.1. The molecule has 0 radical (unpaired) electrons. The molecule has 4 aromatic rings. The molecule has 8 heteroatoms. The highest BCUT2D eigenvalue weighted by molar-refractivity contribution is 7.98. The van der Waals surface area contributed by atoms with Gasteiger partial charge in [0, 0.05) is 10.3 Å². The lowest BCUT2D eigenvalue weighted by Gasteiger charge is -2.10. The van der Waals surface area contributed by atoms with E-state index in [9.17, 15) is 4.79 Å². The summed E-state index contributed by atoms with van der Waals surface area (Å²) < 4.78 is 1.44. The third kappa shape index (κ3) is 3.09. The fourth-order valence-corrected chi connectivity index (χ4v) is 5.01. The molecule has 27 heavy (non-hydrogen) atoms. The van der Waals surface area contributed by atoms with E-state index in [1.165, 1.54) is 26.8 Å². The number of benzene rings is 1. The lowest BCUT2D eigenvalue weighted by Crippen LogP contribution is -2.24. The second kappa shape index (κ2) is 7.10. The van der Waals surface area contributed by atoms with E-state index < -0.39 is 0 Å². The minimum Gasteiger partial charge on any atom is -0.281 e. The average Bonchev–Trinajstić information content (AvgIpc) is 2.97. The molecule has 0 fully saturated rings. The van der Waals surface area contributed by atoms with Crippen molar-refractivity contribution in [3.05, 3.63) is 57.2 Å². The first-order valence-corrected chi connectivity index (χ1v) is 10.1. The van der Waals surface area contributed by atoms with Crippen molar-refractivity contribution >= 4 is 44.2 Å². The van der Waals surface area contributed by atoms with Gasteiger partial charge >= 0.3 is 0 Å². The lowest BCUT2D eigenvalue weighted by molar-refractivity contribution is 0.730. The molecule has 6 nitrogen and oxygen atoms in total. The van der Waals surface area contributed by atoms with E-state index in [0.29, 0.717) is 22.5 Å². The summed E-state index contributed by atoms with van der Waals surface area (Å²) in [7, 11) is 0. The average molecular weight is 393 g/mol. The van der Waals surface area contributed by atoms with E-state index in [1.807, 2.05) is 12.1 Å². The van der Waals surface area contributed by atoms with Gasteiger partial charge in [-0.05, 0) is 31.5 Å². The quantitative estimate of drug-likeness (QED) is 0.387. The van der Waals surface area contributed by atoms with Gasteiger partial charge in [-0.1, -0.05) is 23.9 Å². The molecule has 0 aliphatic heterocycles. The number of fused-ring (bicyclic) bond motifs is 2. The fraction of sp³-hybridized carbons (Fsp3) is 0.211. The van der Waals surface area contributed by atoms with Crippen molar-refractivity contribution in [3.63, 3.8) is 0 Å². The Bertz CT molecular complexity index is 1270. The van der Waals surface area contributed by atoms with Gasteiger partial charge in [0.25, 0.3) is 5.56 Å². The molecule has 0 bridgehead atoms. The van der Waals surface area contributed by atoms with Gasteiger partial charge in [0.05, 0.1) is 22.7 Å². The molecular weight excluding hydrogens is 378 g/mol. The molecule has 0 amide bonds. The number of aromatic nitrogens is 4. The van der Waals surface area contributed by atoms with E-state index in [1.54, 1.807) is 29.8 Å². The monoisotopic (exact) mass is 393 g/mol. The summed E-state index contributed by atoms with van der Waals surface area (Å²) in [5.41, 5.74) is 1.63. The fourth-order valence-electron chi connectivity index (χ4n) is 2.95. The number of nitriles is 1. The normalized spacial score (nSPS) is 11.1. The van der Waals surface area contributed by atoms with Crippen LogP contribution in [0.5, 0.6) is 0 Å². The Morgan fingerprint density at radius 3 is 2.89 bits per heavy atom. The van der Waals surface area contributed by atoms with Gasteiger partial charge in [0.1, 0.15) is 28.6 Å².